The molecule has 0 bridgehead atoms. The molecule has 0 saturated heterocycles. The highest BCUT2D eigenvalue weighted by atomic mass is 35.5. The van der Waals surface area contributed by atoms with Crippen LogP contribution < -0.4 is 15.4 Å². The van der Waals surface area contributed by atoms with E-state index in [-0.39, 0.29) is 25.1 Å². The normalized spacial score (nSPS) is 14.5. The molecule has 0 fully saturated rings. The van der Waals surface area contributed by atoms with Gasteiger partial charge in [0.2, 0.25) is 11.9 Å². The van der Waals surface area contributed by atoms with Crippen molar-refractivity contribution >= 4 is 29.4 Å². The van der Waals surface area contributed by atoms with Crippen LogP contribution in [0, 0.1) is 0 Å². The third kappa shape index (κ3) is 5.98. The number of fused-ring (bicyclic) bond motifs is 1. The molecule has 11 heteroatoms. The van der Waals surface area contributed by atoms with Crippen LogP contribution in [-0.4, -0.2) is 69.3 Å². The van der Waals surface area contributed by atoms with Crippen LogP contribution in [0.5, 0.6) is 5.75 Å². The average molecular weight is 554 g/mol. The minimum absolute atomic E-state index is 0.0964. The van der Waals surface area contributed by atoms with Gasteiger partial charge >= 0.3 is 0 Å². The van der Waals surface area contributed by atoms with E-state index < -0.39 is 24.1 Å². The van der Waals surface area contributed by atoms with Crippen LogP contribution in [0.1, 0.15) is 42.3 Å². The number of aliphatic hydroxyl groups excluding tert-OH is 2. The van der Waals surface area contributed by atoms with Crippen LogP contribution in [0.2, 0.25) is 5.02 Å². The zero-order valence-electron chi connectivity index (χ0n) is 22.2. The summed E-state index contributed by atoms with van der Waals surface area (Å²) in [6, 6.07) is 11.3. The molecule has 0 saturated carbocycles. The number of methoxy groups -OCH3 is 1. The van der Waals surface area contributed by atoms with Crippen molar-refractivity contribution < 1.29 is 24.5 Å². The van der Waals surface area contributed by atoms with Crippen molar-refractivity contribution in [3.8, 4) is 17.0 Å². The van der Waals surface area contributed by atoms with E-state index in [0.29, 0.717) is 33.5 Å². The van der Waals surface area contributed by atoms with E-state index in [9.17, 15) is 19.8 Å². The first-order valence-corrected chi connectivity index (χ1v) is 12.9. The van der Waals surface area contributed by atoms with Gasteiger partial charge in [-0.15, -0.1) is 0 Å². The Bertz CT molecular complexity index is 1380. The van der Waals surface area contributed by atoms with Crippen molar-refractivity contribution in [3.05, 3.63) is 70.4 Å². The molecule has 3 aromatic rings. The maximum atomic E-state index is 13.5. The Balaban J connectivity index is 1.55. The Kier molecular flexibility index (Phi) is 8.39. The quantitative estimate of drug-likeness (QED) is 0.301. The summed E-state index contributed by atoms with van der Waals surface area (Å²) in [6.07, 6.45) is 1.45. The fraction of sp³-hybridized carbons (Fsp3) is 0.357. The maximum Gasteiger partial charge on any atom is 0.255 e. The molecule has 2 aromatic carbocycles. The summed E-state index contributed by atoms with van der Waals surface area (Å²) < 4.78 is 5.30. The lowest BCUT2D eigenvalue weighted by molar-refractivity contribution is -0.128. The molecule has 206 valence electrons. The molecule has 2 atom stereocenters. The first-order chi connectivity index (χ1) is 18.6. The molecule has 2 amide bonds. The molecule has 0 radical (unpaired) electrons. The lowest BCUT2D eigenvalue weighted by atomic mass is 9.93. The average Bonchev–Trinajstić information content (AvgIpc) is 3.25. The number of ether oxygens (including phenoxy) is 1. The molecule has 1 aliphatic heterocycles. The van der Waals surface area contributed by atoms with Crippen molar-refractivity contribution in [1.82, 2.24) is 20.2 Å². The standard InChI is InChI=1S/C28H32ClN5O5/c1-16(14-35)31-27-30-12-22(29)24(32-27)17-8-9-18-13-34(26(38)21(18)10-17)23(15-36)25(37)33-28(2,3)19-6-5-7-20(11-19)39-4/h5-12,16,23,35-36H,13-15H2,1-4H3,(H,33,37)(H,30,31,32). The van der Waals surface area contributed by atoms with Crippen LogP contribution in [-0.2, 0) is 16.9 Å². The fourth-order valence-corrected chi connectivity index (χ4v) is 4.63. The van der Waals surface area contributed by atoms with Gasteiger partial charge in [-0.3, -0.25) is 9.59 Å². The Hall–Kier alpha value is -3.73. The summed E-state index contributed by atoms with van der Waals surface area (Å²) in [7, 11) is 1.57. The van der Waals surface area contributed by atoms with Gasteiger partial charge in [-0.1, -0.05) is 35.9 Å². The van der Waals surface area contributed by atoms with Crippen molar-refractivity contribution in [3.63, 3.8) is 0 Å². The van der Waals surface area contributed by atoms with Crippen molar-refractivity contribution in [2.45, 2.75) is 44.9 Å². The number of nitrogens with one attached hydrogen (secondary N) is 2. The van der Waals surface area contributed by atoms with E-state index in [1.807, 2.05) is 38.1 Å². The van der Waals surface area contributed by atoms with Gasteiger partial charge in [0.15, 0.2) is 0 Å². The lowest BCUT2D eigenvalue weighted by Crippen LogP contribution is -2.53. The first kappa shape index (κ1) is 28.3. The SMILES string of the molecule is COc1cccc(C(C)(C)NC(=O)C(CO)N2Cc3ccc(-c4nc(NC(C)CO)ncc4Cl)cc3C2=O)c1. The highest BCUT2D eigenvalue weighted by molar-refractivity contribution is 6.33. The molecule has 4 N–H and O–H groups in total. The highest BCUT2D eigenvalue weighted by Gasteiger charge is 2.38. The largest absolute Gasteiger partial charge is 0.497 e. The minimum atomic E-state index is -1.09. The van der Waals surface area contributed by atoms with Crippen LogP contribution >= 0.6 is 11.6 Å². The number of nitrogens with zero attached hydrogens (tertiary/aromatic N) is 3. The van der Waals surface area contributed by atoms with Crippen LogP contribution in [0.25, 0.3) is 11.3 Å². The van der Waals surface area contributed by atoms with Gasteiger partial charge in [-0.2, -0.15) is 0 Å². The second kappa shape index (κ2) is 11.6. The fourth-order valence-electron chi connectivity index (χ4n) is 4.43. The van der Waals surface area contributed by atoms with Gasteiger partial charge in [-0.25, -0.2) is 9.97 Å². The minimum Gasteiger partial charge on any atom is -0.497 e. The van der Waals surface area contributed by atoms with Gasteiger partial charge in [0.25, 0.3) is 5.91 Å². The number of aromatic nitrogens is 2. The molecular weight excluding hydrogens is 522 g/mol. The van der Waals surface area contributed by atoms with Gasteiger partial charge in [0.1, 0.15) is 11.8 Å². The number of hydrogen-bond donors (Lipinski definition) is 4. The van der Waals surface area contributed by atoms with Crippen LogP contribution in [0.4, 0.5) is 5.95 Å². The number of amides is 2. The molecule has 1 aromatic heterocycles. The Morgan fingerprint density at radius 3 is 2.67 bits per heavy atom. The van der Waals surface area contributed by atoms with Crippen molar-refractivity contribution in [2.24, 2.45) is 0 Å². The van der Waals surface area contributed by atoms with Crippen LogP contribution in [0.15, 0.2) is 48.7 Å². The number of hydrogen-bond acceptors (Lipinski definition) is 8. The van der Waals surface area contributed by atoms with E-state index >= 15 is 0 Å². The maximum absolute atomic E-state index is 13.5. The van der Waals surface area contributed by atoms with Gasteiger partial charge in [-0.05, 0) is 50.1 Å². The smallest absolute Gasteiger partial charge is 0.255 e. The second-order valence-corrected chi connectivity index (χ2v) is 10.4. The Morgan fingerprint density at radius 1 is 1.21 bits per heavy atom. The lowest BCUT2D eigenvalue weighted by Gasteiger charge is -2.32. The zero-order chi connectivity index (χ0) is 28.3. The van der Waals surface area contributed by atoms with Crippen molar-refractivity contribution in [2.75, 3.05) is 25.6 Å². The summed E-state index contributed by atoms with van der Waals surface area (Å²) in [5.74, 6) is 0.0982. The molecular formula is C28H32ClN5O5. The Labute approximate surface area is 232 Å². The summed E-state index contributed by atoms with van der Waals surface area (Å²) in [4.78, 5) is 36.8. The predicted molar refractivity (Wildman–Crippen MR) is 148 cm³/mol. The highest BCUT2D eigenvalue weighted by Crippen LogP contribution is 2.33. The van der Waals surface area contributed by atoms with E-state index in [1.54, 1.807) is 32.2 Å². The topological polar surface area (TPSA) is 137 Å². The van der Waals surface area contributed by atoms with Crippen molar-refractivity contribution in [1.29, 1.82) is 0 Å². The number of rotatable bonds is 10. The summed E-state index contributed by atoms with van der Waals surface area (Å²) in [6.45, 7) is 5.01. The van der Waals surface area contributed by atoms with Crippen LogP contribution in [0.3, 0.4) is 0 Å². The molecule has 0 aliphatic carbocycles. The van der Waals surface area contributed by atoms with E-state index in [2.05, 4.69) is 20.6 Å². The number of halogens is 1. The van der Waals surface area contributed by atoms with Gasteiger partial charge < -0.3 is 30.5 Å². The number of anilines is 1. The molecule has 2 heterocycles. The van der Waals surface area contributed by atoms with E-state index in [4.69, 9.17) is 16.3 Å². The molecule has 0 spiro atoms. The second-order valence-electron chi connectivity index (χ2n) is 9.97. The monoisotopic (exact) mass is 553 g/mol. The number of aliphatic hydroxyl groups is 2. The number of carbonyl (C=O) groups is 2. The Morgan fingerprint density at radius 2 is 1.97 bits per heavy atom. The molecule has 10 nitrogen and oxygen atoms in total. The van der Waals surface area contributed by atoms with Gasteiger partial charge in [0, 0.05) is 23.7 Å². The molecule has 2 unspecified atom stereocenters. The summed E-state index contributed by atoms with van der Waals surface area (Å²) >= 11 is 6.37. The summed E-state index contributed by atoms with van der Waals surface area (Å²) in [5.41, 5.74) is 2.17. The summed E-state index contributed by atoms with van der Waals surface area (Å²) in [5, 5.41) is 25.7. The molecule has 1 aliphatic rings. The zero-order valence-corrected chi connectivity index (χ0v) is 23.0. The number of carbonyl (C=O) groups excluding carboxylic acids is 2. The van der Waals surface area contributed by atoms with E-state index in [0.717, 1.165) is 11.1 Å². The van der Waals surface area contributed by atoms with Gasteiger partial charge in [0.05, 0.1) is 42.8 Å². The van der Waals surface area contributed by atoms with E-state index in [1.165, 1.54) is 11.1 Å². The first-order valence-electron chi connectivity index (χ1n) is 12.5. The number of benzene rings is 2. The third-order valence-corrected chi connectivity index (χ3v) is 6.96. The third-order valence-electron chi connectivity index (χ3n) is 6.69. The molecule has 4 rings (SSSR count). The molecule has 39 heavy (non-hydrogen) atoms. The predicted octanol–water partition coefficient (Wildman–Crippen LogP) is 2.97.